The van der Waals surface area contributed by atoms with E-state index in [1.54, 1.807) is 19.2 Å². The molecule has 0 aromatic carbocycles. The molecule has 2 aromatic heterocycles. The molecule has 0 amide bonds. The normalized spacial score (nSPS) is 15.4. The molecule has 7 heteroatoms. The molecule has 3 rings (SSSR count). The molecule has 1 fully saturated rings. The lowest BCUT2D eigenvalue weighted by Gasteiger charge is -2.13. The first-order valence-electron chi connectivity index (χ1n) is 6.80. The van der Waals surface area contributed by atoms with Crippen molar-refractivity contribution in [3.63, 3.8) is 0 Å². The topological polar surface area (TPSA) is 60.8 Å². The summed E-state index contributed by atoms with van der Waals surface area (Å²) in [6, 6.07) is 3.54. The van der Waals surface area contributed by atoms with Crippen LogP contribution in [0.3, 0.4) is 0 Å². The molecule has 1 aliphatic rings. The maximum absolute atomic E-state index is 6.27. The predicted molar refractivity (Wildman–Crippen MR) is 88.5 cm³/mol. The number of ether oxygens (including phenoxy) is 1. The van der Waals surface area contributed by atoms with Crippen LogP contribution in [0, 0.1) is 3.57 Å². The summed E-state index contributed by atoms with van der Waals surface area (Å²) in [6.07, 6.45) is 4.83. The summed E-state index contributed by atoms with van der Waals surface area (Å²) < 4.78 is 5.96. The molecule has 0 N–H and O–H groups in total. The Hall–Kier alpha value is -1.02. The minimum Gasteiger partial charge on any atom is -0.480 e. The van der Waals surface area contributed by atoms with Gasteiger partial charge in [0.2, 0.25) is 5.88 Å². The highest BCUT2D eigenvalue weighted by atomic mass is 127. The summed E-state index contributed by atoms with van der Waals surface area (Å²) in [7, 11) is 1.56. The van der Waals surface area contributed by atoms with Gasteiger partial charge < -0.3 is 4.74 Å². The second-order valence-corrected chi connectivity index (χ2v) is 6.42. The average molecular weight is 417 g/mol. The SMILES string of the molecule is COc1ccc(-c2nc(Cl)c(I)c(C3CCCC3)n2)nn1. The summed E-state index contributed by atoms with van der Waals surface area (Å²) in [4.78, 5) is 9.03. The van der Waals surface area contributed by atoms with Gasteiger partial charge >= 0.3 is 0 Å². The van der Waals surface area contributed by atoms with Crippen molar-refractivity contribution in [2.75, 3.05) is 7.11 Å². The van der Waals surface area contributed by atoms with Crippen LogP contribution in [0.15, 0.2) is 12.1 Å². The molecule has 1 aliphatic carbocycles. The van der Waals surface area contributed by atoms with Crippen LogP contribution in [0.25, 0.3) is 11.5 Å². The van der Waals surface area contributed by atoms with Gasteiger partial charge in [0.15, 0.2) is 5.82 Å². The van der Waals surface area contributed by atoms with Crippen LogP contribution in [0.5, 0.6) is 5.88 Å². The Morgan fingerprint density at radius 2 is 1.95 bits per heavy atom. The summed E-state index contributed by atoms with van der Waals surface area (Å²) in [5.41, 5.74) is 1.65. The van der Waals surface area contributed by atoms with Crippen molar-refractivity contribution in [3.8, 4) is 17.4 Å². The highest BCUT2D eigenvalue weighted by Gasteiger charge is 2.24. The van der Waals surface area contributed by atoms with Gasteiger partial charge in [-0.1, -0.05) is 24.4 Å². The van der Waals surface area contributed by atoms with Gasteiger partial charge in [-0.2, -0.15) is 0 Å². The molecule has 21 heavy (non-hydrogen) atoms. The molecule has 2 aromatic rings. The number of nitrogens with zero attached hydrogens (tertiary/aromatic N) is 4. The second kappa shape index (κ2) is 6.39. The Balaban J connectivity index is 2.01. The second-order valence-electron chi connectivity index (χ2n) is 4.98. The Labute approximate surface area is 141 Å². The lowest BCUT2D eigenvalue weighted by molar-refractivity contribution is 0.392. The fourth-order valence-corrected chi connectivity index (χ4v) is 3.43. The van der Waals surface area contributed by atoms with Crippen molar-refractivity contribution in [2.45, 2.75) is 31.6 Å². The summed E-state index contributed by atoms with van der Waals surface area (Å²) in [5.74, 6) is 1.46. The summed E-state index contributed by atoms with van der Waals surface area (Å²) in [6.45, 7) is 0. The number of halogens is 2. The molecule has 0 radical (unpaired) electrons. The molecule has 1 saturated carbocycles. The monoisotopic (exact) mass is 416 g/mol. The van der Waals surface area contributed by atoms with E-state index in [1.807, 2.05) is 0 Å². The number of hydrogen-bond acceptors (Lipinski definition) is 5. The van der Waals surface area contributed by atoms with E-state index in [4.69, 9.17) is 21.3 Å². The Bertz CT molecular complexity index is 644. The van der Waals surface area contributed by atoms with Gasteiger partial charge in [0.1, 0.15) is 10.8 Å². The highest BCUT2D eigenvalue weighted by Crippen LogP contribution is 2.37. The predicted octanol–water partition coefficient (Wildman–Crippen LogP) is 3.86. The van der Waals surface area contributed by atoms with Crippen molar-refractivity contribution in [3.05, 3.63) is 26.5 Å². The third-order valence-corrected chi connectivity index (χ3v) is 5.31. The van der Waals surface area contributed by atoms with E-state index in [0.29, 0.717) is 28.5 Å². The first-order valence-corrected chi connectivity index (χ1v) is 8.25. The van der Waals surface area contributed by atoms with Crippen molar-refractivity contribution in [1.29, 1.82) is 0 Å². The maximum atomic E-state index is 6.27. The van der Waals surface area contributed by atoms with Crippen LogP contribution in [-0.2, 0) is 0 Å². The molecule has 0 saturated heterocycles. The molecule has 0 unspecified atom stereocenters. The maximum Gasteiger partial charge on any atom is 0.233 e. The van der Waals surface area contributed by atoms with Gasteiger partial charge in [-0.3, -0.25) is 0 Å². The van der Waals surface area contributed by atoms with Crippen LogP contribution in [0.2, 0.25) is 5.15 Å². The lowest BCUT2D eigenvalue weighted by atomic mass is 10.0. The van der Waals surface area contributed by atoms with Gasteiger partial charge in [0, 0.05) is 12.0 Å². The molecule has 0 atom stereocenters. The van der Waals surface area contributed by atoms with Gasteiger partial charge in [-0.15, -0.1) is 10.2 Å². The first kappa shape index (κ1) is 14.9. The third kappa shape index (κ3) is 3.11. The largest absolute Gasteiger partial charge is 0.480 e. The molecule has 2 heterocycles. The number of methoxy groups -OCH3 is 1. The van der Waals surface area contributed by atoms with Crippen LogP contribution >= 0.6 is 34.2 Å². The number of rotatable bonds is 3. The Morgan fingerprint density at radius 3 is 2.57 bits per heavy atom. The zero-order chi connectivity index (χ0) is 14.8. The van der Waals surface area contributed by atoms with E-state index in [2.05, 4.69) is 37.8 Å². The van der Waals surface area contributed by atoms with Gasteiger partial charge in [-0.05, 0) is 41.5 Å². The Morgan fingerprint density at radius 1 is 1.19 bits per heavy atom. The Kier molecular flexibility index (Phi) is 4.54. The van der Waals surface area contributed by atoms with Crippen molar-refractivity contribution in [2.24, 2.45) is 0 Å². The first-order chi connectivity index (χ1) is 10.2. The zero-order valence-corrected chi connectivity index (χ0v) is 14.4. The standard InChI is InChI=1S/C14H14ClIN4O/c1-21-10-7-6-9(19-20-10)14-17-12(8-4-2-3-5-8)11(16)13(15)18-14/h6-8H,2-5H2,1H3. The van der Waals surface area contributed by atoms with Gasteiger partial charge in [0.25, 0.3) is 0 Å². The van der Waals surface area contributed by atoms with Gasteiger partial charge in [0.05, 0.1) is 16.4 Å². The molecule has 0 aliphatic heterocycles. The summed E-state index contributed by atoms with van der Waals surface area (Å²) in [5, 5.41) is 8.54. The number of aromatic nitrogens is 4. The average Bonchev–Trinajstić information content (AvgIpc) is 3.04. The van der Waals surface area contributed by atoms with E-state index in [1.165, 1.54) is 12.8 Å². The highest BCUT2D eigenvalue weighted by molar-refractivity contribution is 14.1. The fraction of sp³-hybridized carbons (Fsp3) is 0.429. The minimum atomic E-state index is 0.464. The number of hydrogen-bond donors (Lipinski definition) is 0. The molecular weight excluding hydrogens is 403 g/mol. The van der Waals surface area contributed by atoms with Crippen molar-refractivity contribution >= 4 is 34.2 Å². The molecule has 5 nitrogen and oxygen atoms in total. The molecular formula is C14H14ClIN4O. The smallest absolute Gasteiger partial charge is 0.233 e. The molecule has 0 spiro atoms. The van der Waals surface area contributed by atoms with Crippen LogP contribution in [-0.4, -0.2) is 27.3 Å². The van der Waals surface area contributed by atoms with Crippen LogP contribution in [0.1, 0.15) is 37.3 Å². The van der Waals surface area contributed by atoms with Gasteiger partial charge in [-0.25, -0.2) is 9.97 Å². The summed E-state index contributed by atoms with van der Waals surface area (Å²) >= 11 is 8.50. The zero-order valence-electron chi connectivity index (χ0n) is 11.5. The van der Waals surface area contributed by atoms with Crippen LogP contribution < -0.4 is 4.74 Å². The van der Waals surface area contributed by atoms with E-state index in [-0.39, 0.29) is 0 Å². The fourth-order valence-electron chi connectivity index (χ4n) is 2.57. The van der Waals surface area contributed by atoms with E-state index >= 15 is 0 Å². The van der Waals surface area contributed by atoms with E-state index < -0.39 is 0 Å². The van der Waals surface area contributed by atoms with Crippen LogP contribution in [0.4, 0.5) is 0 Å². The molecule has 0 bridgehead atoms. The third-order valence-electron chi connectivity index (χ3n) is 3.66. The molecule has 110 valence electrons. The van der Waals surface area contributed by atoms with Crippen molar-refractivity contribution < 1.29 is 4.74 Å². The quantitative estimate of drug-likeness (QED) is 0.562. The lowest BCUT2D eigenvalue weighted by Crippen LogP contribution is -2.05. The van der Waals surface area contributed by atoms with E-state index in [0.717, 1.165) is 22.1 Å². The minimum absolute atomic E-state index is 0.464. The van der Waals surface area contributed by atoms with E-state index in [9.17, 15) is 0 Å². The van der Waals surface area contributed by atoms with Crippen molar-refractivity contribution in [1.82, 2.24) is 20.2 Å².